The molecule has 1 amide bonds. The lowest BCUT2D eigenvalue weighted by Gasteiger charge is -2.27. The minimum Gasteiger partial charge on any atom is -0.508 e. The van der Waals surface area contributed by atoms with Crippen molar-refractivity contribution in [2.45, 2.75) is 18.6 Å². The average molecular weight is 507 g/mol. The molecule has 2 atom stereocenters. The fourth-order valence-electron chi connectivity index (χ4n) is 3.20. The molecule has 0 fully saturated rings. The maximum atomic E-state index is 12.7. The minimum absolute atomic E-state index is 0.00614. The summed E-state index contributed by atoms with van der Waals surface area (Å²) in [7, 11) is 1.48. The van der Waals surface area contributed by atoms with Gasteiger partial charge in [-0.1, -0.05) is 36.4 Å². The van der Waals surface area contributed by atoms with Crippen LogP contribution < -0.4 is 5.32 Å². The van der Waals surface area contributed by atoms with E-state index in [1.807, 2.05) is 36.4 Å². The number of rotatable bonds is 7. The van der Waals surface area contributed by atoms with Crippen LogP contribution in [0, 0.1) is 3.57 Å². The van der Waals surface area contributed by atoms with E-state index in [2.05, 4.69) is 27.9 Å². The van der Waals surface area contributed by atoms with Crippen LogP contribution in [0.2, 0.25) is 0 Å². The number of fused-ring (bicyclic) bond motifs is 1. The Bertz CT molecular complexity index is 989. The first kappa shape index (κ1) is 21.4. The molecule has 29 heavy (non-hydrogen) atoms. The lowest BCUT2D eigenvalue weighted by atomic mass is 10.0. The number of phenolic OH excluding ortho intramolecular Hbond substituents is 1. The summed E-state index contributed by atoms with van der Waals surface area (Å²) in [5.41, 5.74) is 1.04. The second kappa shape index (κ2) is 9.91. The number of aliphatic hydroxyl groups is 1. The molecule has 0 aromatic heterocycles. The monoisotopic (exact) mass is 507 g/mol. The number of carbonyl (C=O) groups excluding carboxylic acids is 1. The highest BCUT2D eigenvalue weighted by molar-refractivity contribution is 14.1. The summed E-state index contributed by atoms with van der Waals surface area (Å²) in [6.45, 7) is -0.145. The van der Waals surface area contributed by atoms with Gasteiger partial charge in [-0.15, -0.1) is 0 Å². The highest BCUT2D eigenvalue weighted by Crippen LogP contribution is 2.34. The first-order valence-electron chi connectivity index (χ1n) is 9.11. The summed E-state index contributed by atoms with van der Waals surface area (Å²) >= 11 is 2.12. The van der Waals surface area contributed by atoms with E-state index < -0.39 is 18.3 Å². The molecule has 3 rings (SSSR count). The van der Waals surface area contributed by atoms with E-state index >= 15 is 0 Å². The van der Waals surface area contributed by atoms with Crippen LogP contribution in [0.15, 0.2) is 60.7 Å². The number of benzene rings is 3. The van der Waals surface area contributed by atoms with Crippen LogP contribution in [-0.4, -0.2) is 36.1 Å². The molecule has 3 N–H and O–H groups in total. The van der Waals surface area contributed by atoms with Crippen molar-refractivity contribution in [2.75, 3.05) is 19.0 Å². The number of aliphatic hydroxyl groups excluding tert-OH is 1. The summed E-state index contributed by atoms with van der Waals surface area (Å²) in [4.78, 5) is 12.7. The number of halogens is 1. The number of phenols is 1. The molecule has 0 spiro atoms. The Morgan fingerprint density at radius 2 is 1.90 bits per heavy atom. The van der Waals surface area contributed by atoms with Gasteiger partial charge in [0, 0.05) is 34.7 Å². The highest BCUT2D eigenvalue weighted by atomic mass is 127. The van der Waals surface area contributed by atoms with Gasteiger partial charge in [0.1, 0.15) is 11.9 Å². The normalized spacial score (nSPS) is 13.1. The zero-order chi connectivity index (χ0) is 20.8. The van der Waals surface area contributed by atoms with Gasteiger partial charge in [0.2, 0.25) is 0 Å². The van der Waals surface area contributed by atoms with Gasteiger partial charge in [-0.05, 0) is 52.2 Å². The molecule has 3 aromatic rings. The highest BCUT2D eigenvalue weighted by Gasteiger charge is 2.29. The number of hydrogen-bond acceptors (Lipinski definition) is 5. The van der Waals surface area contributed by atoms with Gasteiger partial charge in [0.05, 0.1) is 5.69 Å². The van der Waals surface area contributed by atoms with Crippen LogP contribution in [0.4, 0.5) is 10.5 Å². The third kappa shape index (κ3) is 5.17. The van der Waals surface area contributed by atoms with E-state index in [-0.39, 0.29) is 18.8 Å². The van der Waals surface area contributed by atoms with Crippen molar-refractivity contribution >= 4 is 45.1 Å². The maximum absolute atomic E-state index is 12.7. The molecule has 0 saturated heterocycles. The molecule has 6 nitrogen and oxygen atoms in total. The SMILES string of the molecule is CO[C@@H](CCO)[C@@H](OC(=O)Nc1cccc2ccccc12)c1cc(I)ccc1O. The van der Waals surface area contributed by atoms with Gasteiger partial charge < -0.3 is 19.7 Å². The first-order chi connectivity index (χ1) is 14.0. The van der Waals surface area contributed by atoms with E-state index in [1.54, 1.807) is 24.3 Å². The topological polar surface area (TPSA) is 88.0 Å². The molecular formula is C22H22INO5. The van der Waals surface area contributed by atoms with E-state index in [0.29, 0.717) is 11.3 Å². The van der Waals surface area contributed by atoms with Crippen LogP contribution in [0.3, 0.4) is 0 Å². The number of methoxy groups -OCH3 is 1. The van der Waals surface area contributed by atoms with Crippen LogP contribution in [0.1, 0.15) is 18.1 Å². The number of ether oxygens (including phenoxy) is 2. The zero-order valence-corrected chi connectivity index (χ0v) is 18.0. The Balaban J connectivity index is 1.88. The largest absolute Gasteiger partial charge is 0.508 e. The second-order valence-corrected chi connectivity index (χ2v) is 7.71. The standard InChI is InChI=1S/C22H22INO5/c1-28-20(11-12-25)21(17-13-15(23)9-10-19(17)26)29-22(27)24-18-8-4-6-14-5-2-3-7-16(14)18/h2-10,13,20-21,25-26H,11-12H2,1H3,(H,24,27)/t20-,21-/m0/s1. The fraction of sp³-hybridized carbons (Fsp3) is 0.227. The van der Waals surface area contributed by atoms with Crippen molar-refractivity contribution in [1.82, 2.24) is 0 Å². The Labute approximate surface area is 182 Å². The molecule has 0 unspecified atom stereocenters. The molecule has 0 radical (unpaired) electrons. The summed E-state index contributed by atoms with van der Waals surface area (Å²) < 4.78 is 12.0. The van der Waals surface area contributed by atoms with Gasteiger partial charge in [0.15, 0.2) is 6.10 Å². The summed E-state index contributed by atoms with van der Waals surface area (Å²) in [6, 6.07) is 18.3. The van der Waals surface area contributed by atoms with E-state index in [4.69, 9.17) is 9.47 Å². The van der Waals surface area contributed by atoms with Crippen molar-refractivity contribution in [1.29, 1.82) is 0 Å². The van der Waals surface area contributed by atoms with Crippen molar-refractivity contribution in [3.05, 3.63) is 69.8 Å². The van der Waals surface area contributed by atoms with Gasteiger partial charge in [-0.3, -0.25) is 5.32 Å². The van der Waals surface area contributed by atoms with Crippen molar-refractivity contribution in [3.63, 3.8) is 0 Å². The fourth-order valence-corrected chi connectivity index (χ4v) is 3.72. The molecule has 0 bridgehead atoms. The molecular weight excluding hydrogens is 485 g/mol. The van der Waals surface area contributed by atoms with Crippen LogP contribution >= 0.6 is 22.6 Å². The Kier molecular flexibility index (Phi) is 7.29. The van der Waals surface area contributed by atoms with Crippen LogP contribution in [0.25, 0.3) is 10.8 Å². The molecule has 7 heteroatoms. The van der Waals surface area contributed by atoms with Gasteiger partial charge in [0.25, 0.3) is 0 Å². The molecule has 0 saturated carbocycles. The predicted molar refractivity (Wildman–Crippen MR) is 120 cm³/mol. The maximum Gasteiger partial charge on any atom is 0.412 e. The van der Waals surface area contributed by atoms with Crippen molar-refractivity contribution < 1.29 is 24.5 Å². The minimum atomic E-state index is -0.892. The average Bonchev–Trinajstić information content (AvgIpc) is 2.73. The van der Waals surface area contributed by atoms with Gasteiger partial charge >= 0.3 is 6.09 Å². The summed E-state index contributed by atoms with van der Waals surface area (Å²) in [5, 5.41) is 24.4. The second-order valence-electron chi connectivity index (χ2n) is 6.47. The van der Waals surface area contributed by atoms with Crippen LogP contribution in [0.5, 0.6) is 5.75 Å². The number of aromatic hydroxyl groups is 1. The molecule has 0 aliphatic rings. The quantitative estimate of drug-likeness (QED) is 0.399. The number of carbonyl (C=O) groups is 1. The number of hydrogen-bond donors (Lipinski definition) is 3. The first-order valence-corrected chi connectivity index (χ1v) is 10.2. The number of amides is 1. The Hall–Kier alpha value is -2.36. The van der Waals surface area contributed by atoms with Crippen molar-refractivity contribution in [3.8, 4) is 5.75 Å². The lowest BCUT2D eigenvalue weighted by Crippen LogP contribution is -2.29. The third-order valence-corrected chi connectivity index (χ3v) is 5.28. The molecule has 0 aliphatic heterocycles. The summed E-state index contributed by atoms with van der Waals surface area (Å²) in [6.07, 6.45) is -1.95. The smallest absolute Gasteiger partial charge is 0.412 e. The Morgan fingerprint density at radius 1 is 1.14 bits per heavy atom. The van der Waals surface area contributed by atoms with Gasteiger partial charge in [-0.25, -0.2) is 4.79 Å². The third-order valence-electron chi connectivity index (χ3n) is 4.61. The van der Waals surface area contributed by atoms with E-state index in [9.17, 15) is 15.0 Å². The summed E-state index contributed by atoms with van der Waals surface area (Å²) in [5.74, 6) is -0.00614. The van der Waals surface area contributed by atoms with Crippen LogP contribution in [-0.2, 0) is 9.47 Å². The van der Waals surface area contributed by atoms with Gasteiger partial charge in [-0.2, -0.15) is 0 Å². The number of anilines is 1. The van der Waals surface area contributed by atoms with E-state index in [0.717, 1.165) is 14.3 Å². The molecule has 0 heterocycles. The Morgan fingerprint density at radius 3 is 2.66 bits per heavy atom. The molecule has 3 aromatic carbocycles. The molecule has 0 aliphatic carbocycles. The lowest BCUT2D eigenvalue weighted by molar-refractivity contribution is -0.0314. The molecule has 152 valence electrons. The predicted octanol–water partition coefficient (Wildman–Crippen LogP) is 4.84. The zero-order valence-electron chi connectivity index (χ0n) is 15.8. The van der Waals surface area contributed by atoms with Crippen molar-refractivity contribution in [2.24, 2.45) is 0 Å². The number of nitrogens with one attached hydrogen (secondary N) is 1. The van der Waals surface area contributed by atoms with E-state index in [1.165, 1.54) is 7.11 Å².